The summed E-state index contributed by atoms with van der Waals surface area (Å²) in [4.78, 5) is 12.4. The van der Waals surface area contributed by atoms with E-state index in [0.717, 1.165) is 37.0 Å². The molecule has 0 aromatic heterocycles. The number of hydrogen-bond donors (Lipinski definition) is 2. The minimum atomic E-state index is -0.147. The van der Waals surface area contributed by atoms with E-state index in [1.54, 1.807) is 18.2 Å². The number of amides is 2. The molecule has 4 saturated carbocycles. The quantitative estimate of drug-likeness (QED) is 0.775. The highest BCUT2D eigenvalue weighted by Crippen LogP contribution is 2.55. The van der Waals surface area contributed by atoms with E-state index in [1.807, 2.05) is 0 Å². The topological polar surface area (TPSA) is 41.1 Å². The Labute approximate surface area is 140 Å². The van der Waals surface area contributed by atoms with Gasteiger partial charge < -0.3 is 10.6 Å². The molecule has 0 heterocycles. The summed E-state index contributed by atoms with van der Waals surface area (Å²) in [6, 6.07) is 4.97. The van der Waals surface area contributed by atoms with E-state index in [0.29, 0.717) is 15.7 Å². The number of carbonyl (C=O) groups excluding carboxylic acids is 1. The van der Waals surface area contributed by atoms with Crippen molar-refractivity contribution in [2.45, 2.75) is 44.1 Å². The number of nitrogens with one attached hydrogen (secondary N) is 2. The number of rotatable bonds is 2. The number of halogens is 2. The molecule has 4 aliphatic carbocycles. The van der Waals surface area contributed by atoms with Crippen LogP contribution in [0.3, 0.4) is 0 Å². The Morgan fingerprint density at radius 1 is 1.05 bits per heavy atom. The van der Waals surface area contributed by atoms with Crippen LogP contribution in [0, 0.1) is 17.8 Å². The van der Waals surface area contributed by atoms with Gasteiger partial charge in [0.05, 0.1) is 10.7 Å². The molecule has 1 aromatic rings. The van der Waals surface area contributed by atoms with Crippen molar-refractivity contribution in [3.05, 3.63) is 28.2 Å². The highest BCUT2D eigenvalue weighted by molar-refractivity contribution is 6.36. The van der Waals surface area contributed by atoms with E-state index in [4.69, 9.17) is 23.2 Å². The van der Waals surface area contributed by atoms with E-state index in [1.165, 1.54) is 19.3 Å². The van der Waals surface area contributed by atoms with Gasteiger partial charge in [0, 0.05) is 10.6 Å². The molecule has 118 valence electrons. The van der Waals surface area contributed by atoms with E-state index in [-0.39, 0.29) is 11.6 Å². The van der Waals surface area contributed by atoms with E-state index in [9.17, 15) is 4.79 Å². The number of hydrogen-bond acceptors (Lipinski definition) is 1. The lowest BCUT2D eigenvalue weighted by Gasteiger charge is -2.56. The second-order valence-electron chi connectivity index (χ2n) is 7.40. The van der Waals surface area contributed by atoms with E-state index in [2.05, 4.69) is 10.6 Å². The number of benzene rings is 1. The SMILES string of the molecule is O=C(Nc1ccc(Cl)cc1Cl)NC12CC3CC(CC(C3)C1)C2. The predicted molar refractivity (Wildman–Crippen MR) is 89.5 cm³/mol. The molecular weight excluding hydrogens is 319 g/mol. The summed E-state index contributed by atoms with van der Waals surface area (Å²) in [5.41, 5.74) is 0.617. The van der Waals surface area contributed by atoms with Crippen molar-refractivity contribution < 1.29 is 4.79 Å². The Kier molecular flexibility index (Phi) is 3.54. The van der Waals surface area contributed by atoms with Gasteiger partial charge in [0.2, 0.25) is 0 Å². The molecule has 0 unspecified atom stereocenters. The normalized spacial score (nSPS) is 35.5. The molecule has 2 N–H and O–H groups in total. The van der Waals surface area contributed by atoms with Gasteiger partial charge in [-0.05, 0) is 74.5 Å². The van der Waals surface area contributed by atoms with Crippen LogP contribution in [0.25, 0.3) is 0 Å². The minimum absolute atomic E-state index is 0.0116. The summed E-state index contributed by atoms with van der Waals surface area (Å²) >= 11 is 12.0. The highest BCUT2D eigenvalue weighted by Gasteiger charge is 2.51. The van der Waals surface area contributed by atoms with Gasteiger partial charge in [-0.25, -0.2) is 4.79 Å². The fourth-order valence-electron chi connectivity index (χ4n) is 5.25. The lowest BCUT2D eigenvalue weighted by Crippen LogP contribution is -2.60. The van der Waals surface area contributed by atoms with Gasteiger partial charge in [0.1, 0.15) is 0 Å². The Bertz CT molecular complexity index is 581. The summed E-state index contributed by atoms with van der Waals surface area (Å²) < 4.78 is 0. The summed E-state index contributed by atoms with van der Waals surface area (Å²) in [5, 5.41) is 7.18. The molecule has 0 atom stereocenters. The number of urea groups is 1. The molecule has 0 saturated heterocycles. The Morgan fingerprint density at radius 2 is 1.64 bits per heavy atom. The third-order valence-corrected chi connectivity index (χ3v) is 6.14. The first-order valence-electron chi connectivity index (χ1n) is 8.06. The molecule has 3 nitrogen and oxygen atoms in total. The van der Waals surface area contributed by atoms with Gasteiger partial charge in [0.25, 0.3) is 0 Å². The van der Waals surface area contributed by atoms with Crippen molar-refractivity contribution in [2.24, 2.45) is 17.8 Å². The Balaban J connectivity index is 1.46. The van der Waals surface area contributed by atoms with Crippen molar-refractivity contribution >= 4 is 34.9 Å². The average Bonchev–Trinajstić information content (AvgIpc) is 2.39. The maximum absolute atomic E-state index is 12.4. The summed E-state index contributed by atoms with van der Waals surface area (Å²) in [7, 11) is 0. The first kappa shape index (κ1) is 14.6. The zero-order chi connectivity index (χ0) is 15.3. The van der Waals surface area contributed by atoms with E-state index >= 15 is 0 Å². The van der Waals surface area contributed by atoms with Crippen molar-refractivity contribution in [3.63, 3.8) is 0 Å². The van der Waals surface area contributed by atoms with Crippen LogP contribution in [0.5, 0.6) is 0 Å². The van der Waals surface area contributed by atoms with Crippen LogP contribution in [0.2, 0.25) is 10.0 Å². The molecule has 1 aromatic carbocycles. The smallest absolute Gasteiger partial charge is 0.319 e. The van der Waals surface area contributed by atoms with Gasteiger partial charge in [-0.3, -0.25) is 0 Å². The fraction of sp³-hybridized carbons (Fsp3) is 0.588. The van der Waals surface area contributed by atoms with Crippen LogP contribution >= 0.6 is 23.2 Å². The summed E-state index contributed by atoms with van der Waals surface area (Å²) in [6.45, 7) is 0. The predicted octanol–water partition coefficient (Wildman–Crippen LogP) is 5.08. The first-order chi connectivity index (χ1) is 10.5. The summed E-state index contributed by atoms with van der Waals surface area (Å²) in [5.74, 6) is 2.43. The van der Waals surface area contributed by atoms with E-state index < -0.39 is 0 Å². The zero-order valence-electron chi connectivity index (χ0n) is 12.4. The molecule has 4 bridgehead atoms. The first-order valence-corrected chi connectivity index (χ1v) is 8.81. The molecule has 2 amide bonds. The highest BCUT2D eigenvalue weighted by atomic mass is 35.5. The zero-order valence-corrected chi connectivity index (χ0v) is 13.9. The second kappa shape index (κ2) is 5.31. The molecule has 0 spiro atoms. The van der Waals surface area contributed by atoms with Crippen LogP contribution in [0.15, 0.2) is 18.2 Å². The Morgan fingerprint density at radius 3 is 2.18 bits per heavy atom. The molecule has 0 radical (unpaired) electrons. The molecule has 4 fully saturated rings. The van der Waals surface area contributed by atoms with Gasteiger partial charge in [-0.2, -0.15) is 0 Å². The van der Waals surface area contributed by atoms with Crippen LogP contribution in [-0.4, -0.2) is 11.6 Å². The third kappa shape index (κ3) is 2.69. The molecule has 4 aliphatic rings. The van der Waals surface area contributed by atoms with Crippen LogP contribution in [0.4, 0.5) is 10.5 Å². The average molecular weight is 339 g/mol. The van der Waals surface area contributed by atoms with Gasteiger partial charge in [-0.1, -0.05) is 23.2 Å². The second-order valence-corrected chi connectivity index (χ2v) is 8.24. The third-order valence-electron chi connectivity index (χ3n) is 5.60. The lowest BCUT2D eigenvalue weighted by molar-refractivity contribution is -0.0127. The summed E-state index contributed by atoms with van der Waals surface area (Å²) in [6.07, 6.45) is 7.52. The lowest BCUT2D eigenvalue weighted by atomic mass is 9.53. The Hall–Kier alpha value is -0.930. The minimum Gasteiger partial charge on any atom is -0.332 e. The number of carbonyl (C=O) groups is 1. The van der Waals surface area contributed by atoms with Crippen molar-refractivity contribution in [2.75, 3.05) is 5.32 Å². The van der Waals surface area contributed by atoms with Gasteiger partial charge >= 0.3 is 6.03 Å². The fourth-order valence-corrected chi connectivity index (χ4v) is 5.70. The van der Waals surface area contributed by atoms with Gasteiger partial charge in [0.15, 0.2) is 0 Å². The molecule has 5 rings (SSSR count). The van der Waals surface area contributed by atoms with Crippen molar-refractivity contribution in [1.82, 2.24) is 5.32 Å². The largest absolute Gasteiger partial charge is 0.332 e. The van der Waals surface area contributed by atoms with Crippen LogP contribution in [-0.2, 0) is 0 Å². The van der Waals surface area contributed by atoms with Crippen molar-refractivity contribution in [1.29, 1.82) is 0 Å². The van der Waals surface area contributed by atoms with Gasteiger partial charge in [-0.15, -0.1) is 0 Å². The van der Waals surface area contributed by atoms with Crippen LogP contribution in [0.1, 0.15) is 38.5 Å². The standard InChI is InChI=1S/C17H20Cl2N2O/c18-13-1-2-15(14(19)6-13)20-16(22)21-17-7-10-3-11(8-17)5-12(4-10)9-17/h1-2,6,10-12H,3-5,7-9H2,(H2,20,21,22). The van der Waals surface area contributed by atoms with Crippen LogP contribution < -0.4 is 10.6 Å². The maximum Gasteiger partial charge on any atom is 0.319 e. The molecular formula is C17H20Cl2N2O. The molecule has 22 heavy (non-hydrogen) atoms. The number of anilines is 1. The molecule has 5 heteroatoms. The van der Waals surface area contributed by atoms with Crippen molar-refractivity contribution in [3.8, 4) is 0 Å². The maximum atomic E-state index is 12.4. The monoisotopic (exact) mass is 338 g/mol. The molecule has 0 aliphatic heterocycles.